The molecule has 0 aliphatic heterocycles. The number of nitrogens with one attached hydrogen (secondary N) is 1. The molecule has 0 amide bonds. The van der Waals surface area contributed by atoms with Crippen LogP contribution in [0.3, 0.4) is 0 Å². The largest absolute Gasteiger partial charge is 0.310 e. The van der Waals surface area contributed by atoms with E-state index in [9.17, 15) is 0 Å². The van der Waals surface area contributed by atoms with Crippen molar-refractivity contribution < 1.29 is 0 Å². The third kappa shape index (κ3) is 4.62. The maximum Gasteiger partial charge on any atom is 0.0595 e. The van der Waals surface area contributed by atoms with Gasteiger partial charge in [0.2, 0.25) is 0 Å². The molecule has 1 atom stereocenters. The molecule has 4 heteroatoms. The molecule has 2 rings (SSSR count). The Labute approximate surface area is 141 Å². The maximum atomic E-state index is 6.33. The summed E-state index contributed by atoms with van der Waals surface area (Å²) in [5, 5.41) is 5.50. The Hall–Kier alpha value is -0.730. The van der Waals surface area contributed by atoms with Crippen molar-refractivity contribution in [2.75, 3.05) is 6.54 Å². The Bertz CT molecular complexity index is 598. The first-order chi connectivity index (χ1) is 10.1. The highest BCUT2D eigenvalue weighted by Gasteiger charge is 2.15. The number of hydrogen-bond acceptors (Lipinski definition) is 1. The van der Waals surface area contributed by atoms with E-state index in [1.165, 1.54) is 0 Å². The van der Waals surface area contributed by atoms with E-state index in [0.29, 0.717) is 10.0 Å². The molecule has 0 saturated heterocycles. The van der Waals surface area contributed by atoms with E-state index in [1.807, 2.05) is 36.4 Å². The predicted octanol–water partition coefficient (Wildman–Crippen LogP) is 5.93. The fourth-order valence-corrected chi connectivity index (χ4v) is 2.86. The van der Waals surface area contributed by atoms with Crippen molar-refractivity contribution in [1.29, 1.82) is 0 Å². The molecule has 2 aromatic rings. The topological polar surface area (TPSA) is 12.0 Å². The molecule has 1 unspecified atom stereocenters. The highest BCUT2D eigenvalue weighted by molar-refractivity contribution is 6.42. The van der Waals surface area contributed by atoms with E-state index in [1.54, 1.807) is 0 Å². The molecule has 1 N–H and O–H groups in total. The molecule has 0 aliphatic rings. The van der Waals surface area contributed by atoms with Gasteiger partial charge in [0.05, 0.1) is 10.0 Å². The minimum absolute atomic E-state index is 0.163. The van der Waals surface area contributed by atoms with Crippen LogP contribution in [0.25, 0.3) is 0 Å². The molecule has 0 saturated carbocycles. The van der Waals surface area contributed by atoms with Crippen LogP contribution in [0.2, 0.25) is 15.1 Å². The lowest BCUT2D eigenvalue weighted by Crippen LogP contribution is -2.24. The van der Waals surface area contributed by atoms with Gasteiger partial charge in [-0.25, -0.2) is 0 Å². The van der Waals surface area contributed by atoms with Gasteiger partial charge in [0.15, 0.2) is 0 Å². The van der Waals surface area contributed by atoms with Crippen molar-refractivity contribution in [3.63, 3.8) is 0 Å². The maximum absolute atomic E-state index is 6.33. The van der Waals surface area contributed by atoms with Crippen LogP contribution in [0, 0.1) is 0 Å². The summed E-state index contributed by atoms with van der Waals surface area (Å²) in [5.41, 5.74) is 2.25. The third-order valence-electron chi connectivity index (χ3n) is 3.35. The summed E-state index contributed by atoms with van der Waals surface area (Å²) in [6, 6.07) is 13.9. The zero-order valence-corrected chi connectivity index (χ0v) is 14.1. The first kappa shape index (κ1) is 16.6. The lowest BCUT2D eigenvalue weighted by atomic mass is 9.98. The van der Waals surface area contributed by atoms with Crippen molar-refractivity contribution in [1.82, 2.24) is 5.32 Å². The van der Waals surface area contributed by atoms with Gasteiger partial charge in [-0.05, 0) is 48.7 Å². The van der Waals surface area contributed by atoms with Crippen molar-refractivity contribution in [3.8, 4) is 0 Å². The van der Waals surface area contributed by atoms with Gasteiger partial charge in [-0.2, -0.15) is 0 Å². The minimum atomic E-state index is 0.163. The third-order valence-corrected chi connectivity index (χ3v) is 4.43. The summed E-state index contributed by atoms with van der Waals surface area (Å²) in [6.07, 6.45) is 1.89. The van der Waals surface area contributed by atoms with Crippen molar-refractivity contribution in [2.45, 2.75) is 25.8 Å². The van der Waals surface area contributed by atoms with Gasteiger partial charge in [-0.1, -0.05) is 66.0 Å². The van der Waals surface area contributed by atoms with E-state index in [4.69, 9.17) is 34.8 Å². The molecule has 0 fully saturated rings. The zero-order valence-electron chi connectivity index (χ0n) is 11.9. The average molecular weight is 343 g/mol. The summed E-state index contributed by atoms with van der Waals surface area (Å²) in [7, 11) is 0. The second-order valence-corrected chi connectivity index (χ2v) is 6.20. The summed E-state index contributed by atoms with van der Waals surface area (Å²) in [6.45, 7) is 3.09. The highest BCUT2D eigenvalue weighted by Crippen LogP contribution is 2.28. The second kappa shape index (κ2) is 8.05. The molecule has 0 spiro atoms. The lowest BCUT2D eigenvalue weighted by Gasteiger charge is -2.20. The molecule has 0 bridgehead atoms. The first-order valence-corrected chi connectivity index (χ1v) is 8.17. The van der Waals surface area contributed by atoms with Crippen LogP contribution < -0.4 is 5.32 Å². The molecular weight excluding hydrogens is 325 g/mol. The highest BCUT2D eigenvalue weighted by atomic mass is 35.5. The smallest absolute Gasteiger partial charge is 0.0595 e. The Balaban J connectivity index is 2.24. The molecule has 0 radical (unpaired) electrons. The quantitative estimate of drug-likeness (QED) is 0.686. The van der Waals surface area contributed by atoms with Gasteiger partial charge in [0.25, 0.3) is 0 Å². The summed E-state index contributed by atoms with van der Waals surface area (Å²) >= 11 is 18.4. The predicted molar refractivity (Wildman–Crippen MR) is 92.7 cm³/mol. The summed E-state index contributed by atoms with van der Waals surface area (Å²) in [5.74, 6) is 0. The van der Waals surface area contributed by atoms with E-state index < -0.39 is 0 Å². The van der Waals surface area contributed by atoms with Gasteiger partial charge < -0.3 is 5.32 Å². The molecular formula is C17H18Cl3N. The lowest BCUT2D eigenvalue weighted by molar-refractivity contribution is 0.529. The Kier molecular flexibility index (Phi) is 6.38. The Morgan fingerprint density at radius 3 is 2.38 bits per heavy atom. The van der Waals surface area contributed by atoms with Crippen molar-refractivity contribution in [2.24, 2.45) is 0 Å². The van der Waals surface area contributed by atoms with E-state index in [-0.39, 0.29) is 6.04 Å². The number of rotatable bonds is 6. The molecule has 0 heterocycles. The zero-order chi connectivity index (χ0) is 15.2. The number of halogens is 3. The molecule has 21 heavy (non-hydrogen) atoms. The van der Waals surface area contributed by atoms with Gasteiger partial charge in [-0.3, -0.25) is 0 Å². The van der Waals surface area contributed by atoms with Gasteiger partial charge in [-0.15, -0.1) is 0 Å². The van der Waals surface area contributed by atoms with Gasteiger partial charge in [0.1, 0.15) is 0 Å². The van der Waals surface area contributed by atoms with Crippen molar-refractivity contribution in [3.05, 3.63) is 68.7 Å². The standard InChI is InChI=1S/C17H18Cl3N/c1-2-9-21-17(13-5-3-4-6-14(13)18)11-12-7-8-15(19)16(20)10-12/h3-8,10,17,21H,2,9,11H2,1H3. The second-order valence-electron chi connectivity index (χ2n) is 4.98. The summed E-state index contributed by atoms with van der Waals surface area (Å²) in [4.78, 5) is 0. The van der Waals surface area contributed by atoms with E-state index >= 15 is 0 Å². The molecule has 0 aromatic heterocycles. The average Bonchev–Trinajstić information content (AvgIpc) is 2.48. The van der Waals surface area contributed by atoms with Crippen LogP contribution in [-0.4, -0.2) is 6.54 Å². The number of benzene rings is 2. The molecule has 112 valence electrons. The molecule has 1 nitrogen and oxygen atoms in total. The minimum Gasteiger partial charge on any atom is -0.310 e. The van der Waals surface area contributed by atoms with E-state index in [0.717, 1.165) is 35.5 Å². The number of hydrogen-bond donors (Lipinski definition) is 1. The molecule has 2 aromatic carbocycles. The van der Waals surface area contributed by atoms with Crippen LogP contribution in [0.5, 0.6) is 0 Å². The van der Waals surface area contributed by atoms with E-state index in [2.05, 4.69) is 18.3 Å². The fraction of sp³-hybridized carbons (Fsp3) is 0.294. The fourth-order valence-electron chi connectivity index (χ4n) is 2.27. The Morgan fingerprint density at radius 2 is 1.71 bits per heavy atom. The van der Waals surface area contributed by atoms with Crippen molar-refractivity contribution >= 4 is 34.8 Å². The molecule has 0 aliphatic carbocycles. The van der Waals surface area contributed by atoms with Crippen LogP contribution in [0.1, 0.15) is 30.5 Å². The first-order valence-electron chi connectivity index (χ1n) is 7.03. The van der Waals surface area contributed by atoms with Crippen LogP contribution in [0.4, 0.5) is 0 Å². The van der Waals surface area contributed by atoms with Gasteiger partial charge in [0, 0.05) is 11.1 Å². The normalized spacial score (nSPS) is 12.4. The Morgan fingerprint density at radius 1 is 0.952 bits per heavy atom. The van der Waals surface area contributed by atoms with Crippen LogP contribution >= 0.6 is 34.8 Å². The van der Waals surface area contributed by atoms with Gasteiger partial charge >= 0.3 is 0 Å². The SMILES string of the molecule is CCCNC(Cc1ccc(Cl)c(Cl)c1)c1ccccc1Cl. The summed E-state index contributed by atoms with van der Waals surface area (Å²) < 4.78 is 0. The van der Waals surface area contributed by atoms with Crippen LogP contribution in [-0.2, 0) is 6.42 Å². The monoisotopic (exact) mass is 341 g/mol. The van der Waals surface area contributed by atoms with Crippen LogP contribution in [0.15, 0.2) is 42.5 Å².